The number of halogens is 2. The van der Waals surface area contributed by atoms with Gasteiger partial charge >= 0.3 is 5.97 Å². The maximum absolute atomic E-state index is 13.1. The van der Waals surface area contributed by atoms with E-state index in [2.05, 4.69) is 10.6 Å². The highest BCUT2D eigenvalue weighted by molar-refractivity contribution is 7.80. The lowest BCUT2D eigenvalue weighted by atomic mass is 10.2. The van der Waals surface area contributed by atoms with Gasteiger partial charge in [0.1, 0.15) is 5.82 Å². The fourth-order valence-electron chi connectivity index (χ4n) is 1.97. The molecule has 0 saturated heterocycles. The van der Waals surface area contributed by atoms with Crippen LogP contribution >= 0.6 is 23.8 Å². The average molecular weight is 367 g/mol. The summed E-state index contributed by atoms with van der Waals surface area (Å²) < 4.78 is 18.0. The van der Waals surface area contributed by atoms with E-state index in [9.17, 15) is 9.18 Å². The van der Waals surface area contributed by atoms with Gasteiger partial charge in [0.2, 0.25) is 0 Å². The number of carbonyl (C=O) groups is 1. The van der Waals surface area contributed by atoms with Crippen molar-refractivity contribution in [3.8, 4) is 0 Å². The molecule has 0 fully saturated rings. The summed E-state index contributed by atoms with van der Waals surface area (Å²) in [6.07, 6.45) is 0. The van der Waals surface area contributed by atoms with Gasteiger partial charge in [-0.1, -0.05) is 23.7 Å². The Morgan fingerprint density at radius 3 is 2.75 bits per heavy atom. The molecule has 0 aromatic heterocycles. The number of hydrogen-bond donors (Lipinski definition) is 2. The quantitative estimate of drug-likeness (QED) is 0.615. The minimum absolute atomic E-state index is 0.270. The molecule has 0 spiro atoms. The zero-order valence-electron chi connectivity index (χ0n) is 12.9. The van der Waals surface area contributed by atoms with E-state index in [0.717, 1.165) is 5.56 Å². The summed E-state index contributed by atoms with van der Waals surface area (Å²) in [4.78, 5) is 11.7. The topological polar surface area (TPSA) is 50.4 Å². The number of benzene rings is 2. The third-order valence-corrected chi connectivity index (χ3v) is 3.62. The summed E-state index contributed by atoms with van der Waals surface area (Å²) in [6, 6.07) is 11.1. The highest BCUT2D eigenvalue weighted by atomic mass is 35.5. The summed E-state index contributed by atoms with van der Waals surface area (Å²) in [5, 5.41) is 6.56. The van der Waals surface area contributed by atoms with Gasteiger partial charge in [-0.15, -0.1) is 0 Å². The number of thiocarbonyl (C=S) groups is 1. The molecule has 2 N–H and O–H groups in total. The van der Waals surface area contributed by atoms with Gasteiger partial charge in [0.05, 0.1) is 17.2 Å². The summed E-state index contributed by atoms with van der Waals surface area (Å²) in [7, 11) is 0. The predicted octanol–water partition coefficient (Wildman–Crippen LogP) is 4.14. The first-order valence-electron chi connectivity index (χ1n) is 7.25. The molecule has 0 aliphatic carbocycles. The van der Waals surface area contributed by atoms with E-state index in [4.69, 9.17) is 28.6 Å². The summed E-state index contributed by atoms with van der Waals surface area (Å²) in [5.41, 5.74) is 1.70. The third-order valence-electron chi connectivity index (χ3n) is 3.06. The van der Waals surface area contributed by atoms with Crippen LogP contribution in [0.15, 0.2) is 42.5 Å². The van der Waals surface area contributed by atoms with Crippen LogP contribution in [0.2, 0.25) is 5.02 Å². The van der Waals surface area contributed by atoms with Crippen LogP contribution < -0.4 is 10.6 Å². The first kappa shape index (κ1) is 18.2. The van der Waals surface area contributed by atoms with Crippen LogP contribution in [0.1, 0.15) is 22.8 Å². The van der Waals surface area contributed by atoms with Crippen molar-refractivity contribution in [3.05, 3.63) is 64.4 Å². The third kappa shape index (κ3) is 5.18. The van der Waals surface area contributed by atoms with Crippen molar-refractivity contribution in [1.29, 1.82) is 0 Å². The van der Waals surface area contributed by atoms with Gasteiger partial charge in [-0.3, -0.25) is 0 Å². The molecule has 7 heteroatoms. The SMILES string of the molecule is CCOC(=O)c1ccc(NC(=S)NCc2cccc(F)c2)cc1Cl. The number of esters is 1. The van der Waals surface area contributed by atoms with Gasteiger partial charge in [-0.05, 0) is 55.0 Å². The summed E-state index contributed by atoms with van der Waals surface area (Å²) >= 11 is 11.3. The van der Waals surface area contributed by atoms with Gasteiger partial charge < -0.3 is 15.4 Å². The second kappa shape index (κ2) is 8.61. The van der Waals surface area contributed by atoms with Crippen LogP contribution in [-0.4, -0.2) is 17.7 Å². The van der Waals surface area contributed by atoms with Crippen LogP contribution in [0, 0.1) is 5.82 Å². The monoisotopic (exact) mass is 366 g/mol. The number of nitrogens with one attached hydrogen (secondary N) is 2. The number of hydrogen-bond acceptors (Lipinski definition) is 3. The zero-order valence-corrected chi connectivity index (χ0v) is 14.5. The molecule has 0 aliphatic heterocycles. The van der Waals surface area contributed by atoms with Crippen molar-refractivity contribution in [2.24, 2.45) is 0 Å². The fraction of sp³-hybridized carbons (Fsp3) is 0.176. The number of rotatable bonds is 5. The molecular weight excluding hydrogens is 351 g/mol. The van der Waals surface area contributed by atoms with Crippen molar-refractivity contribution >= 4 is 40.6 Å². The van der Waals surface area contributed by atoms with Gasteiger partial charge in [0, 0.05) is 12.2 Å². The van der Waals surface area contributed by atoms with Gasteiger partial charge in [-0.2, -0.15) is 0 Å². The van der Waals surface area contributed by atoms with Gasteiger partial charge in [0.15, 0.2) is 5.11 Å². The Labute approximate surface area is 150 Å². The molecule has 2 rings (SSSR count). The molecule has 0 bridgehead atoms. The average Bonchev–Trinajstić information content (AvgIpc) is 2.53. The standard InChI is InChI=1S/C17H16ClFN2O2S/c1-2-23-16(22)14-7-6-13(9-15(14)18)21-17(24)20-10-11-4-3-5-12(19)8-11/h3-9H,2,10H2,1H3,(H2,20,21,24). The van der Waals surface area contributed by atoms with E-state index in [-0.39, 0.29) is 17.4 Å². The Balaban J connectivity index is 1.94. The molecule has 2 aromatic rings. The fourth-order valence-corrected chi connectivity index (χ4v) is 2.42. The van der Waals surface area contributed by atoms with E-state index in [1.807, 2.05) is 0 Å². The van der Waals surface area contributed by atoms with Crippen molar-refractivity contribution in [1.82, 2.24) is 5.32 Å². The minimum Gasteiger partial charge on any atom is -0.462 e. The largest absolute Gasteiger partial charge is 0.462 e. The molecule has 24 heavy (non-hydrogen) atoms. The minimum atomic E-state index is -0.471. The number of ether oxygens (including phenoxy) is 1. The van der Waals surface area contributed by atoms with Gasteiger partial charge in [0.25, 0.3) is 0 Å². The Morgan fingerprint density at radius 1 is 1.29 bits per heavy atom. The second-order valence-electron chi connectivity index (χ2n) is 4.85. The van der Waals surface area contributed by atoms with Crippen molar-refractivity contribution in [2.45, 2.75) is 13.5 Å². The van der Waals surface area contributed by atoms with Crippen molar-refractivity contribution < 1.29 is 13.9 Å². The molecule has 0 radical (unpaired) electrons. The highest BCUT2D eigenvalue weighted by Crippen LogP contribution is 2.21. The summed E-state index contributed by atoms with van der Waals surface area (Å²) in [5.74, 6) is -0.768. The number of anilines is 1. The molecule has 0 atom stereocenters. The van der Waals surface area contributed by atoms with Crippen LogP contribution in [0.3, 0.4) is 0 Å². The predicted molar refractivity (Wildman–Crippen MR) is 96.9 cm³/mol. The van der Waals surface area contributed by atoms with Crippen LogP contribution in [-0.2, 0) is 11.3 Å². The lowest BCUT2D eigenvalue weighted by molar-refractivity contribution is 0.0526. The van der Waals surface area contributed by atoms with Gasteiger partial charge in [-0.25, -0.2) is 9.18 Å². The Kier molecular flexibility index (Phi) is 6.52. The molecule has 2 aromatic carbocycles. The van der Waals surface area contributed by atoms with E-state index >= 15 is 0 Å². The van der Waals surface area contributed by atoms with E-state index in [0.29, 0.717) is 22.9 Å². The van der Waals surface area contributed by atoms with Crippen molar-refractivity contribution in [3.63, 3.8) is 0 Å². The molecule has 126 valence electrons. The van der Waals surface area contributed by atoms with Crippen LogP contribution in [0.25, 0.3) is 0 Å². The molecule has 0 saturated carbocycles. The maximum atomic E-state index is 13.1. The smallest absolute Gasteiger partial charge is 0.339 e. The highest BCUT2D eigenvalue weighted by Gasteiger charge is 2.12. The first-order chi connectivity index (χ1) is 11.5. The normalized spacial score (nSPS) is 10.1. The Hall–Kier alpha value is -2.18. The molecular formula is C17H16ClFN2O2S. The Morgan fingerprint density at radius 2 is 2.08 bits per heavy atom. The second-order valence-corrected chi connectivity index (χ2v) is 5.67. The van der Waals surface area contributed by atoms with Crippen molar-refractivity contribution in [2.75, 3.05) is 11.9 Å². The number of carbonyl (C=O) groups excluding carboxylic acids is 1. The van der Waals surface area contributed by atoms with E-state index in [1.165, 1.54) is 12.1 Å². The summed E-state index contributed by atoms with van der Waals surface area (Å²) in [6.45, 7) is 2.39. The van der Waals surface area contributed by atoms with E-state index < -0.39 is 5.97 Å². The molecule has 0 amide bonds. The Bertz CT molecular complexity index is 755. The molecule has 0 heterocycles. The first-order valence-corrected chi connectivity index (χ1v) is 8.04. The maximum Gasteiger partial charge on any atom is 0.339 e. The van der Waals surface area contributed by atoms with E-state index in [1.54, 1.807) is 37.3 Å². The molecule has 0 unspecified atom stereocenters. The van der Waals surface area contributed by atoms with Crippen LogP contribution in [0.4, 0.5) is 10.1 Å². The molecule has 0 aliphatic rings. The lowest BCUT2D eigenvalue weighted by Gasteiger charge is -2.12. The molecule has 4 nitrogen and oxygen atoms in total. The zero-order chi connectivity index (χ0) is 17.5. The van der Waals surface area contributed by atoms with Crippen LogP contribution in [0.5, 0.6) is 0 Å². The lowest BCUT2D eigenvalue weighted by Crippen LogP contribution is -2.27.